The third-order valence-corrected chi connectivity index (χ3v) is 4.15. The summed E-state index contributed by atoms with van der Waals surface area (Å²) in [5.74, 6) is -0.00891. The second-order valence-corrected chi connectivity index (χ2v) is 5.16. The average Bonchev–Trinajstić information content (AvgIpc) is 3.05. The lowest BCUT2D eigenvalue weighted by Crippen LogP contribution is -2.41. The summed E-state index contributed by atoms with van der Waals surface area (Å²) in [6.07, 6.45) is 6.81. The Morgan fingerprint density at radius 1 is 1.22 bits per heavy atom. The van der Waals surface area contributed by atoms with Crippen molar-refractivity contribution in [2.75, 3.05) is 11.9 Å². The summed E-state index contributed by atoms with van der Waals surface area (Å²) < 4.78 is 1.91. The van der Waals surface area contributed by atoms with E-state index < -0.39 is 5.41 Å². The molecule has 7 heteroatoms. The molecule has 1 aromatic heterocycles. The van der Waals surface area contributed by atoms with Crippen LogP contribution < -0.4 is 11.1 Å². The van der Waals surface area contributed by atoms with Crippen molar-refractivity contribution in [2.24, 2.45) is 11.1 Å². The molecule has 1 heterocycles. The molecule has 3 N–H and O–H groups in total. The number of nitrogens with zero attached hydrogens (tertiary/aromatic N) is 2. The number of halogens is 2. The largest absolute Gasteiger partial charge is 0.329 e. The average molecular weight is 359 g/mol. The van der Waals surface area contributed by atoms with Gasteiger partial charge >= 0.3 is 0 Å². The summed E-state index contributed by atoms with van der Waals surface area (Å²) in [4.78, 5) is 16.4. The highest BCUT2D eigenvalue weighted by atomic mass is 35.5. The zero-order valence-corrected chi connectivity index (χ0v) is 15.0. The molecule has 1 amide bonds. The Bertz CT molecular complexity index is 572. The van der Waals surface area contributed by atoms with E-state index in [-0.39, 0.29) is 30.7 Å². The molecule has 2 rings (SSSR count). The predicted octanol–water partition coefficient (Wildman–Crippen LogP) is 3.42. The number of hydrogen-bond acceptors (Lipinski definition) is 3. The summed E-state index contributed by atoms with van der Waals surface area (Å²) in [5, 5.41) is 2.96. The Morgan fingerprint density at radius 3 is 2.26 bits per heavy atom. The Labute approximate surface area is 149 Å². The van der Waals surface area contributed by atoms with Crippen molar-refractivity contribution < 1.29 is 4.79 Å². The molecule has 0 aliphatic heterocycles. The molecule has 0 atom stereocenters. The molecule has 0 bridgehead atoms. The summed E-state index contributed by atoms with van der Waals surface area (Å²) in [6.45, 7) is 4.36. The van der Waals surface area contributed by atoms with E-state index in [1.54, 1.807) is 12.5 Å². The lowest BCUT2D eigenvalue weighted by atomic mass is 9.81. The van der Waals surface area contributed by atoms with Gasteiger partial charge in [0.05, 0.1) is 11.7 Å². The van der Waals surface area contributed by atoms with E-state index in [2.05, 4.69) is 10.3 Å². The number of benzene rings is 1. The number of nitrogens with one attached hydrogen (secondary N) is 1. The van der Waals surface area contributed by atoms with E-state index in [1.165, 1.54) is 0 Å². The third kappa shape index (κ3) is 4.70. The van der Waals surface area contributed by atoms with Gasteiger partial charge in [-0.2, -0.15) is 0 Å². The summed E-state index contributed by atoms with van der Waals surface area (Å²) in [6, 6.07) is 7.66. The molecule has 0 saturated carbocycles. The van der Waals surface area contributed by atoms with Crippen molar-refractivity contribution in [3.63, 3.8) is 0 Å². The van der Waals surface area contributed by atoms with Gasteiger partial charge in [0.2, 0.25) is 5.91 Å². The van der Waals surface area contributed by atoms with E-state index in [0.29, 0.717) is 6.54 Å². The van der Waals surface area contributed by atoms with E-state index in [4.69, 9.17) is 5.73 Å². The number of carbonyl (C=O) groups is 1. The fourth-order valence-corrected chi connectivity index (χ4v) is 2.34. The number of imidazole rings is 1. The molecule has 0 spiro atoms. The van der Waals surface area contributed by atoms with Crippen LogP contribution in [0.3, 0.4) is 0 Å². The minimum atomic E-state index is -0.483. The second kappa shape index (κ2) is 9.55. The van der Waals surface area contributed by atoms with Gasteiger partial charge in [-0.3, -0.25) is 4.79 Å². The van der Waals surface area contributed by atoms with E-state index in [1.807, 2.05) is 48.9 Å². The van der Waals surface area contributed by atoms with Gasteiger partial charge in [-0.15, -0.1) is 24.8 Å². The standard InChI is InChI=1S/C16H22N4O.2ClH/c1-3-16(4-2,11-17)15(21)19-13-5-7-14(8-6-13)20-10-9-18-12-20;;/h5-10,12H,3-4,11,17H2,1-2H3,(H,19,21);2*1H. The van der Waals surface area contributed by atoms with Crippen molar-refractivity contribution >= 4 is 36.4 Å². The maximum absolute atomic E-state index is 12.4. The Morgan fingerprint density at radius 2 is 1.83 bits per heavy atom. The second-order valence-electron chi connectivity index (χ2n) is 5.16. The number of anilines is 1. The topological polar surface area (TPSA) is 72.9 Å². The van der Waals surface area contributed by atoms with Gasteiger partial charge in [-0.1, -0.05) is 13.8 Å². The van der Waals surface area contributed by atoms with Gasteiger partial charge in [-0.05, 0) is 37.1 Å². The highest BCUT2D eigenvalue weighted by Crippen LogP contribution is 2.27. The molecule has 0 fully saturated rings. The number of hydrogen-bond donors (Lipinski definition) is 2. The van der Waals surface area contributed by atoms with Gasteiger partial charge in [0.15, 0.2) is 0 Å². The van der Waals surface area contributed by atoms with Crippen molar-refractivity contribution in [3.8, 4) is 5.69 Å². The maximum Gasteiger partial charge on any atom is 0.231 e. The molecular weight excluding hydrogens is 335 g/mol. The Kier molecular flexibility index (Phi) is 8.90. The SMILES string of the molecule is CCC(CC)(CN)C(=O)Nc1ccc(-n2ccnc2)cc1.Cl.Cl. The van der Waals surface area contributed by atoms with Crippen molar-refractivity contribution in [1.82, 2.24) is 9.55 Å². The molecule has 2 aromatic rings. The number of aromatic nitrogens is 2. The number of nitrogens with two attached hydrogens (primary N) is 1. The molecule has 128 valence electrons. The predicted molar refractivity (Wildman–Crippen MR) is 98.8 cm³/mol. The van der Waals surface area contributed by atoms with Crippen LogP contribution in [0.1, 0.15) is 26.7 Å². The molecule has 23 heavy (non-hydrogen) atoms. The molecule has 1 aromatic carbocycles. The summed E-state index contributed by atoms with van der Waals surface area (Å²) in [5.41, 5.74) is 7.10. The highest BCUT2D eigenvalue weighted by molar-refractivity contribution is 5.95. The van der Waals surface area contributed by atoms with Crippen molar-refractivity contribution in [3.05, 3.63) is 43.0 Å². The van der Waals surface area contributed by atoms with Crippen LogP contribution in [0.4, 0.5) is 5.69 Å². The van der Waals surface area contributed by atoms with Crippen LogP contribution in [0.25, 0.3) is 5.69 Å². The molecule has 0 aliphatic rings. The Balaban J connectivity index is 0.00000242. The smallest absolute Gasteiger partial charge is 0.231 e. The first-order chi connectivity index (χ1) is 10.1. The highest BCUT2D eigenvalue weighted by Gasteiger charge is 2.33. The zero-order chi connectivity index (χ0) is 15.3. The van der Waals surface area contributed by atoms with Gasteiger partial charge in [0.25, 0.3) is 0 Å². The number of amides is 1. The maximum atomic E-state index is 12.4. The van der Waals surface area contributed by atoms with Crippen LogP contribution in [0.2, 0.25) is 0 Å². The molecule has 0 radical (unpaired) electrons. The normalized spacial score (nSPS) is 10.4. The van der Waals surface area contributed by atoms with Crippen LogP contribution >= 0.6 is 24.8 Å². The van der Waals surface area contributed by atoms with Gasteiger partial charge in [0.1, 0.15) is 0 Å². The fraction of sp³-hybridized carbons (Fsp3) is 0.375. The first kappa shape index (κ1) is 21.4. The van der Waals surface area contributed by atoms with Crippen LogP contribution in [-0.4, -0.2) is 22.0 Å². The van der Waals surface area contributed by atoms with E-state index in [9.17, 15) is 4.79 Å². The molecule has 5 nitrogen and oxygen atoms in total. The summed E-state index contributed by atoms with van der Waals surface area (Å²) >= 11 is 0. The minimum absolute atomic E-state index is 0. The van der Waals surface area contributed by atoms with Gasteiger partial charge in [0, 0.05) is 30.3 Å². The summed E-state index contributed by atoms with van der Waals surface area (Å²) in [7, 11) is 0. The molecule has 0 unspecified atom stereocenters. The van der Waals surface area contributed by atoms with Crippen LogP contribution in [-0.2, 0) is 4.79 Å². The zero-order valence-electron chi connectivity index (χ0n) is 13.4. The van der Waals surface area contributed by atoms with Crippen LogP contribution in [0.5, 0.6) is 0 Å². The number of carbonyl (C=O) groups excluding carboxylic acids is 1. The lowest BCUT2D eigenvalue weighted by Gasteiger charge is -2.28. The van der Waals surface area contributed by atoms with Crippen LogP contribution in [0.15, 0.2) is 43.0 Å². The molecule has 0 saturated heterocycles. The van der Waals surface area contributed by atoms with Crippen molar-refractivity contribution in [2.45, 2.75) is 26.7 Å². The number of rotatable bonds is 6. The fourth-order valence-electron chi connectivity index (χ4n) is 2.34. The Hall–Kier alpha value is -1.56. The minimum Gasteiger partial charge on any atom is -0.329 e. The van der Waals surface area contributed by atoms with Gasteiger partial charge < -0.3 is 15.6 Å². The molecular formula is C16H24Cl2N4O. The van der Waals surface area contributed by atoms with Gasteiger partial charge in [-0.25, -0.2) is 4.98 Å². The van der Waals surface area contributed by atoms with E-state index >= 15 is 0 Å². The first-order valence-corrected chi connectivity index (χ1v) is 7.25. The first-order valence-electron chi connectivity index (χ1n) is 7.25. The lowest BCUT2D eigenvalue weighted by molar-refractivity contribution is -0.125. The monoisotopic (exact) mass is 358 g/mol. The van der Waals surface area contributed by atoms with E-state index in [0.717, 1.165) is 24.2 Å². The van der Waals surface area contributed by atoms with Crippen LogP contribution in [0, 0.1) is 5.41 Å². The van der Waals surface area contributed by atoms with Crippen molar-refractivity contribution in [1.29, 1.82) is 0 Å². The quantitative estimate of drug-likeness (QED) is 0.830. The third-order valence-electron chi connectivity index (χ3n) is 4.15. The molecule has 0 aliphatic carbocycles.